The highest BCUT2D eigenvalue weighted by molar-refractivity contribution is 8.32. The Hall–Kier alpha value is -1.21. The Morgan fingerprint density at radius 3 is 2.50 bits per heavy atom. The molecule has 1 aromatic heterocycles. The van der Waals surface area contributed by atoms with E-state index < -0.39 is 10.0 Å². The third-order valence-electron chi connectivity index (χ3n) is 1.81. The lowest BCUT2D eigenvalue weighted by molar-refractivity contribution is 0.411. The van der Waals surface area contributed by atoms with Crippen LogP contribution in [0.2, 0.25) is 0 Å². The second-order valence-electron chi connectivity index (χ2n) is 3.67. The van der Waals surface area contributed by atoms with Crippen molar-refractivity contribution in [2.24, 2.45) is 0 Å². The molecular formula is C10H14N2OS. The van der Waals surface area contributed by atoms with Crippen LogP contribution in [0.15, 0.2) is 17.3 Å². The highest BCUT2D eigenvalue weighted by Crippen LogP contribution is 2.44. The first-order valence-corrected chi connectivity index (χ1v) is 6.97. The van der Waals surface area contributed by atoms with Crippen LogP contribution in [0.4, 0.5) is 0 Å². The summed E-state index contributed by atoms with van der Waals surface area (Å²) in [6, 6.07) is 3.90. The van der Waals surface area contributed by atoms with Crippen molar-refractivity contribution in [3.63, 3.8) is 0 Å². The molecule has 0 aliphatic rings. The fourth-order valence-corrected chi connectivity index (χ4v) is 1.84. The van der Waals surface area contributed by atoms with Crippen molar-refractivity contribution in [3.8, 4) is 11.8 Å². The van der Waals surface area contributed by atoms with Crippen LogP contribution in [0.5, 0.6) is 5.75 Å². The standard InChI is InChI=1S/C10H14N2OS/c1-13-9-5-10(14(2,3)4)12-7-8(9)6-11/h5,7H,1-4H3. The quantitative estimate of drug-likeness (QED) is 0.750. The van der Waals surface area contributed by atoms with Gasteiger partial charge in [-0.3, -0.25) is 0 Å². The molecule has 0 aromatic carbocycles. The van der Waals surface area contributed by atoms with Gasteiger partial charge in [-0.05, 0) is 18.8 Å². The van der Waals surface area contributed by atoms with Crippen LogP contribution in [0.25, 0.3) is 0 Å². The van der Waals surface area contributed by atoms with E-state index in [9.17, 15) is 0 Å². The van der Waals surface area contributed by atoms with E-state index in [2.05, 4.69) is 23.8 Å². The summed E-state index contributed by atoms with van der Waals surface area (Å²) in [6.45, 7) is 0. The Kier molecular flexibility index (Phi) is 3.02. The van der Waals surface area contributed by atoms with Crippen LogP contribution in [0.3, 0.4) is 0 Å². The fourth-order valence-electron chi connectivity index (χ4n) is 1.01. The summed E-state index contributed by atoms with van der Waals surface area (Å²) in [5, 5.41) is 9.79. The third kappa shape index (κ3) is 2.18. The average molecular weight is 210 g/mol. The number of nitrogens with zero attached hydrogens (tertiary/aromatic N) is 2. The molecule has 0 saturated heterocycles. The highest BCUT2D eigenvalue weighted by Gasteiger charge is 2.12. The van der Waals surface area contributed by atoms with Gasteiger partial charge in [0.15, 0.2) is 0 Å². The first kappa shape index (κ1) is 10.9. The molecule has 0 N–H and O–H groups in total. The zero-order valence-corrected chi connectivity index (χ0v) is 9.68. The number of hydrogen-bond donors (Lipinski definition) is 0. The SMILES string of the molecule is COc1cc(S(C)(C)C)ncc1C#N. The molecule has 0 bridgehead atoms. The minimum absolute atomic E-state index is 0.486. The Morgan fingerprint density at radius 1 is 1.43 bits per heavy atom. The van der Waals surface area contributed by atoms with Gasteiger partial charge >= 0.3 is 0 Å². The van der Waals surface area contributed by atoms with Gasteiger partial charge in [0.1, 0.15) is 17.4 Å². The molecule has 0 aliphatic carbocycles. The third-order valence-corrected chi connectivity index (χ3v) is 3.29. The summed E-state index contributed by atoms with van der Waals surface area (Å²) in [7, 11) is 0.706. The summed E-state index contributed by atoms with van der Waals surface area (Å²) in [6.07, 6.45) is 8.04. The monoisotopic (exact) mass is 210 g/mol. The van der Waals surface area contributed by atoms with Gasteiger partial charge in [-0.1, -0.05) is 0 Å². The first-order valence-electron chi connectivity index (χ1n) is 4.11. The minimum atomic E-state index is -0.861. The normalized spacial score (nSPS) is 11.9. The van der Waals surface area contributed by atoms with Crippen molar-refractivity contribution in [2.75, 3.05) is 25.9 Å². The fraction of sp³-hybridized carbons (Fsp3) is 0.400. The van der Waals surface area contributed by atoms with Crippen molar-refractivity contribution in [2.45, 2.75) is 5.03 Å². The smallest absolute Gasteiger partial charge is 0.140 e. The Labute approximate surface area is 86.0 Å². The van der Waals surface area contributed by atoms with E-state index in [0.717, 1.165) is 5.03 Å². The van der Waals surface area contributed by atoms with Crippen LogP contribution < -0.4 is 4.74 Å². The Morgan fingerprint density at radius 2 is 2.07 bits per heavy atom. The van der Waals surface area contributed by atoms with E-state index in [1.165, 1.54) is 0 Å². The number of nitriles is 1. The van der Waals surface area contributed by atoms with Gasteiger partial charge in [-0.25, -0.2) is 15.0 Å². The molecule has 0 amide bonds. The van der Waals surface area contributed by atoms with Crippen molar-refractivity contribution < 1.29 is 4.74 Å². The molecule has 0 saturated carbocycles. The van der Waals surface area contributed by atoms with Crippen molar-refractivity contribution in [1.29, 1.82) is 5.26 Å². The molecule has 0 atom stereocenters. The molecule has 76 valence electrons. The molecule has 0 unspecified atom stereocenters. The summed E-state index contributed by atoms with van der Waals surface area (Å²) in [4.78, 5) is 4.26. The number of aromatic nitrogens is 1. The van der Waals surface area contributed by atoms with Gasteiger partial charge < -0.3 is 4.74 Å². The van der Waals surface area contributed by atoms with E-state index in [0.29, 0.717) is 11.3 Å². The molecule has 3 nitrogen and oxygen atoms in total. The van der Waals surface area contributed by atoms with E-state index in [1.54, 1.807) is 13.3 Å². The molecule has 1 heterocycles. The lowest BCUT2D eigenvalue weighted by Gasteiger charge is -2.24. The first-order chi connectivity index (χ1) is 6.49. The maximum absolute atomic E-state index is 8.78. The van der Waals surface area contributed by atoms with Crippen molar-refractivity contribution in [3.05, 3.63) is 17.8 Å². The summed E-state index contributed by atoms with van der Waals surface area (Å²) >= 11 is 0. The maximum atomic E-state index is 8.78. The molecule has 0 spiro atoms. The zero-order chi connectivity index (χ0) is 10.8. The highest BCUT2D eigenvalue weighted by atomic mass is 32.3. The lowest BCUT2D eigenvalue weighted by Crippen LogP contribution is -1.98. The average Bonchev–Trinajstić information content (AvgIpc) is 2.15. The molecular weight excluding hydrogens is 196 g/mol. The van der Waals surface area contributed by atoms with Crippen LogP contribution in [0, 0.1) is 11.3 Å². The molecule has 0 aliphatic heterocycles. The molecule has 1 aromatic rings. The number of hydrogen-bond acceptors (Lipinski definition) is 3. The second-order valence-corrected chi connectivity index (χ2v) is 7.76. The summed E-state index contributed by atoms with van der Waals surface area (Å²) in [5.74, 6) is 0.611. The van der Waals surface area contributed by atoms with E-state index in [-0.39, 0.29) is 0 Å². The lowest BCUT2D eigenvalue weighted by atomic mass is 10.3. The zero-order valence-electron chi connectivity index (χ0n) is 8.87. The van der Waals surface area contributed by atoms with E-state index in [4.69, 9.17) is 10.00 Å². The maximum Gasteiger partial charge on any atom is 0.140 e. The van der Waals surface area contributed by atoms with Crippen molar-refractivity contribution in [1.82, 2.24) is 4.98 Å². The van der Waals surface area contributed by atoms with E-state index >= 15 is 0 Å². The largest absolute Gasteiger partial charge is 0.495 e. The number of pyridine rings is 1. The van der Waals surface area contributed by atoms with E-state index in [1.807, 2.05) is 12.1 Å². The molecule has 4 heteroatoms. The second kappa shape index (κ2) is 3.89. The van der Waals surface area contributed by atoms with Crippen LogP contribution in [-0.4, -0.2) is 30.9 Å². The number of ether oxygens (including phenoxy) is 1. The molecule has 14 heavy (non-hydrogen) atoms. The van der Waals surface area contributed by atoms with Gasteiger partial charge in [0, 0.05) is 12.3 Å². The predicted octanol–water partition coefficient (Wildman–Crippen LogP) is 2.01. The Bertz CT molecular complexity index is 377. The van der Waals surface area contributed by atoms with Gasteiger partial charge in [-0.15, -0.1) is 0 Å². The Balaban J connectivity index is 3.23. The predicted molar refractivity (Wildman–Crippen MR) is 59.1 cm³/mol. The molecule has 1 rings (SSSR count). The van der Waals surface area contributed by atoms with Gasteiger partial charge in [0.05, 0.1) is 12.1 Å². The molecule has 0 fully saturated rings. The number of rotatable bonds is 2. The van der Waals surface area contributed by atoms with Crippen LogP contribution in [0.1, 0.15) is 5.56 Å². The minimum Gasteiger partial charge on any atom is -0.495 e. The van der Waals surface area contributed by atoms with Gasteiger partial charge in [0.25, 0.3) is 0 Å². The van der Waals surface area contributed by atoms with Crippen LogP contribution in [-0.2, 0) is 0 Å². The summed E-state index contributed by atoms with van der Waals surface area (Å²) < 4.78 is 5.12. The van der Waals surface area contributed by atoms with Gasteiger partial charge in [0.2, 0.25) is 0 Å². The van der Waals surface area contributed by atoms with Gasteiger partial charge in [-0.2, -0.15) is 5.26 Å². The summed E-state index contributed by atoms with van der Waals surface area (Å²) in [5.41, 5.74) is 0.486. The topological polar surface area (TPSA) is 45.9 Å². The number of methoxy groups -OCH3 is 1. The molecule has 0 radical (unpaired) electrons. The van der Waals surface area contributed by atoms with Crippen molar-refractivity contribution >= 4 is 10.0 Å². The van der Waals surface area contributed by atoms with Crippen LogP contribution >= 0.6 is 10.0 Å².